The summed E-state index contributed by atoms with van der Waals surface area (Å²) in [6.45, 7) is 1.12. The molecule has 3 heterocycles. The predicted molar refractivity (Wildman–Crippen MR) is 64.3 cm³/mol. The number of anilines is 1. The molecule has 0 spiro atoms. The van der Waals surface area contributed by atoms with E-state index >= 15 is 0 Å². The van der Waals surface area contributed by atoms with Crippen LogP contribution < -0.4 is 10.2 Å². The summed E-state index contributed by atoms with van der Waals surface area (Å²) in [6, 6.07) is 3.74. The SMILES string of the molecule is O=C1NC(=O)[C@@H]2CN(c3cc(Br)ccn3)C[C@H]12. The van der Waals surface area contributed by atoms with Gasteiger partial charge in [-0.1, -0.05) is 15.9 Å². The number of aromatic nitrogens is 1. The summed E-state index contributed by atoms with van der Waals surface area (Å²) in [6.07, 6.45) is 1.70. The smallest absolute Gasteiger partial charge is 0.232 e. The number of carbonyl (C=O) groups is 2. The van der Waals surface area contributed by atoms with Gasteiger partial charge < -0.3 is 4.90 Å². The van der Waals surface area contributed by atoms with E-state index in [1.54, 1.807) is 6.20 Å². The highest BCUT2D eigenvalue weighted by Crippen LogP contribution is 2.31. The molecule has 2 amide bonds. The molecule has 0 unspecified atom stereocenters. The quantitative estimate of drug-likeness (QED) is 0.769. The second-order valence-corrected chi connectivity index (χ2v) is 5.22. The first-order valence-electron chi connectivity index (χ1n) is 5.36. The van der Waals surface area contributed by atoms with E-state index in [-0.39, 0.29) is 23.7 Å². The molecular weight excluding hydrogens is 286 g/mol. The summed E-state index contributed by atoms with van der Waals surface area (Å²) in [5.74, 6) is 0.0518. The van der Waals surface area contributed by atoms with Gasteiger partial charge >= 0.3 is 0 Å². The van der Waals surface area contributed by atoms with Gasteiger partial charge in [0.15, 0.2) is 0 Å². The zero-order chi connectivity index (χ0) is 12.0. The molecule has 1 aromatic heterocycles. The number of pyridine rings is 1. The molecule has 0 saturated carbocycles. The number of nitrogens with zero attached hydrogens (tertiary/aromatic N) is 2. The maximum Gasteiger partial charge on any atom is 0.232 e. The van der Waals surface area contributed by atoms with Crippen molar-refractivity contribution >= 4 is 33.6 Å². The fourth-order valence-corrected chi connectivity index (χ4v) is 2.72. The van der Waals surface area contributed by atoms with Crippen molar-refractivity contribution in [2.45, 2.75) is 0 Å². The van der Waals surface area contributed by atoms with Crippen LogP contribution in [0.15, 0.2) is 22.8 Å². The molecule has 2 aliphatic rings. The van der Waals surface area contributed by atoms with Crippen molar-refractivity contribution in [2.24, 2.45) is 11.8 Å². The van der Waals surface area contributed by atoms with Crippen LogP contribution >= 0.6 is 15.9 Å². The molecule has 0 aromatic carbocycles. The summed E-state index contributed by atoms with van der Waals surface area (Å²) in [5.41, 5.74) is 0. The molecule has 0 radical (unpaired) electrons. The second-order valence-electron chi connectivity index (χ2n) is 4.30. The van der Waals surface area contributed by atoms with Gasteiger partial charge in [-0.2, -0.15) is 0 Å². The Morgan fingerprint density at radius 2 is 1.94 bits per heavy atom. The van der Waals surface area contributed by atoms with E-state index in [2.05, 4.69) is 26.2 Å². The van der Waals surface area contributed by atoms with Crippen LogP contribution in [0.2, 0.25) is 0 Å². The molecule has 1 N–H and O–H groups in total. The van der Waals surface area contributed by atoms with Gasteiger partial charge in [0, 0.05) is 23.8 Å². The molecule has 2 saturated heterocycles. The van der Waals surface area contributed by atoms with Gasteiger partial charge in [-0.3, -0.25) is 14.9 Å². The molecule has 2 aliphatic heterocycles. The first kappa shape index (κ1) is 10.7. The van der Waals surface area contributed by atoms with E-state index in [1.165, 1.54) is 0 Å². The molecule has 1 aromatic rings. The summed E-state index contributed by atoms with van der Waals surface area (Å²) < 4.78 is 0.940. The average Bonchev–Trinajstić information content (AvgIpc) is 2.82. The minimum absolute atomic E-state index is 0.155. The zero-order valence-electron chi connectivity index (χ0n) is 8.89. The van der Waals surface area contributed by atoms with Gasteiger partial charge in [0.25, 0.3) is 0 Å². The Balaban J connectivity index is 1.85. The predicted octanol–water partition coefficient (Wildman–Crippen LogP) is 0.553. The van der Waals surface area contributed by atoms with Crippen LogP contribution in [0.25, 0.3) is 0 Å². The van der Waals surface area contributed by atoms with Crippen LogP contribution in [0.4, 0.5) is 5.82 Å². The summed E-state index contributed by atoms with van der Waals surface area (Å²) in [4.78, 5) is 29.3. The van der Waals surface area contributed by atoms with Crippen LogP contribution in [0.1, 0.15) is 0 Å². The Labute approximate surface area is 106 Å². The Bertz CT molecular complexity index is 483. The molecular formula is C11H10BrN3O2. The summed E-state index contributed by atoms with van der Waals surface area (Å²) in [7, 11) is 0. The largest absolute Gasteiger partial charge is 0.355 e. The third-order valence-corrected chi connectivity index (χ3v) is 3.76. The second kappa shape index (κ2) is 3.80. The number of amides is 2. The molecule has 5 nitrogen and oxygen atoms in total. The topological polar surface area (TPSA) is 62.3 Å². The average molecular weight is 296 g/mol. The van der Waals surface area contributed by atoms with E-state index in [9.17, 15) is 9.59 Å². The highest BCUT2D eigenvalue weighted by molar-refractivity contribution is 9.10. The van der Waals surface area contributed by atoms with Crippen LogP contribution in [-0.2, 0) is 9.59 Å². The molecule has 6 heteroatoms. The van der Waals surface area contributed by atoms with Crippen molar-refractivity contribution in [3.05, 3.63) is 22.8 Å². The van der Waals surface area contributed by atoms with E-state index < -0.39 is 0 Å². The third kappa shape index (κ3) is 1.72. The van der Waals surface area contributed by atoms with Gasteiger partial charge in [0.1, 0.15) is 5.82 Å². The third-order valence-electron chi connectivity index (χ3n) is 3.27. The molecule has 88 valence electrons. The van der Waals surface area contributed by atoms with Gasteiger partial charge in [-0.25, -0.2) is 4.98 Å². The van der Waals surface area contributed by atoms with Crippen molar-refractivity contribution in [2.75, 3.05) is 18.0 Å². The number of nitrogens with one attached hydrogen (secondary N) is 1. The number of hydrogen-bond donors (Lipinski definition) is 1. The van der Waals surface area contributed by atoms with E-state index in [0.29, 0.717) is 13.1 Å². The molecule has 0 aliphatic carbocycles. The molecule has 2 fully saturated rings. The Morgan fingerprint density at radius 3 is 2.53 bits per heavy atom. The first-order valence-corrected chi connectivity index (χ1v) is 6.15. The lowest BCUT2D eigenvalue weighted by Gasteiger charge is -2.17. The van der Waals surface area contributed by atoms with Gasteiger partial charge in [0.2, 0.25) is 11.8 Å². The first-order chi connectivity index (χ1) is 8.15. The number of rotatable bonds is 1. The van der Waals surface area contributed by atoms with E-state index in [4.69, 9.17) is 0 Å². The maximum absolute atomic E-state index is 11.5. The van der Waals surface area contributed by atoms with Crippen molar-refractivity contribution in [1.82, 2.24) is 10.3 Å². The van der Waals surface area contributed by atoms with Gasteiger partial charge in [-0.15, -0.1) is 0 Å². The van der Waals surface area contributed by atoms with Crippen molar-refractivity contribution in [1.29, 1.82) is 0 Å². The molecule has 17 heavy (non-hydrogen) atoms. The van der Waals surface area contributed by atoms with Crippen LogP contribution in [0, 0.1) is 11.8 Å². The number of imide groups is 1. The minimum atomic E-state index is -0.219. The van der Waals surface area contributed by atoms with E-state index in [1.807, 2.05) is 17.0 Å². The lowest BCUT2D eigenvalue weighted by atomic mass is 10.00. The molecule has 2 atom stereocenters. The fourth-order valence-electron chi connectivity index (χ4n) is 2.40. The Morgan fingerprint density at radius 1 is 1.29 bits per heavy atom. The van der Waals surface area contributed by atoms with Crippen LogP contribution in [0.3, 0.4) is 0 Å². The zero-order valence-corrected chi connectivity index (χ0v) is 10.5. The Hall–Kier alpha value is -1.43. The maximum atomic E-state index is 11.5. The molecule has 3 rings (SSSR count). The monoisotopic (exact) mass is 295 g/mol. The number of fused-ring (bicyclic) bond motifs is 1. The number of hydrogen-bond acceptors (Lipinski definition) is 4. The lowest BCUT2D eigenvalue weighted by Crippen LogP contribution is -2.31. The van der Waals surface area contributed by atoms with Crippen molar-refractivity contribution in [3.8, 4) is 0 Å². The lowest BCUT2D eigenvalue weighted by molar-refractivity contribution is -0.126. The van der Waals surface area contributed by atoms with Crippen LogP contribution in [-0.4, -0.2) is 29.9 Å². The van der Waals surface area contributed by atoms with Gasteiger partial charge in [0.05, 0.1) is 11.8 Å². The highest BCUT2D eigenvalue weighted by atomic mass is 79.9. The fraction of sp³-hybridized carbons (Fsp3) is 0.364. The van der Waals surface area contributed by atoms with E-state index in [0.717, 1.165) is 10.3 Å². The normalized spacial score (nSPS) is 27.2. The molecule has 0 bridgehead atoms. The van der Waals surface area contributed by atoms with Crippen molar-refractivity contribution < 1.29 is 9.59 Å². The Kier molecular flexibility index (Phi) is 2.39. The highest BCUT2D eigenvalue weighted by Gasteiger charge is 2.48. The van der Waals surface area contributed by atoms with Gasteiger partial charge in [-0.05, 0) is 12.1 Å². The van der Waals surface area contributed by atoms with Crippen LogP contribution in [0.5, 0.6) is 0 Å². The summed E-state index contributed by atoms with van der Waals surface area (Å²) in [5, 5.41) is 2.37. The number of halogens is 1. The standard InChI is InChI=1S/C11H10BrN3O2/c12-6-1-2-13-9(3-6)15-4-7-8(5-15)11(17)14-10(7)16/h1-3,7-8H,4-5H2,(H,14,16,17)/t7-,8+. The van der Waals surface area contributed by atoms with Crippen molar-refractivity contribution in [3.63, 3.8) is 0 Å². The summed E-state index contributed by atoms with van der Waals surface area (Å²) >= 11 is 3.38. The number of carbonyl (C=O) groups excluding carboxylic acids is 2. The minimum Gasteiger partial charge on any atom is -0.355 e.